The van der Waals surface area contributed by atoms with Crippen LogP contribution in [0.25, 0.3) is 0 Å². The van der Waals surface area contributed by atoms with Crippen LogP contribution in [0.3, 0.4) is 0 Å². The van der Waals surface area contributed by atoms with Crippen molar-refractivity contribution >= 4 is 11.9 Å². The van der Waals surface area contributed by atoms with Crippen molar-refractivity contribution in [3.8, 4) is 0 Å². The van der Waals surface area contributed by atoms with Gasteiger partial charge < -0.3 is 20.3 Å². The van der Waals surface area contributed by atoms with Crippen molar-refractivity contribution in [2.24, 2.45) is 0 Å². The van der Waals surface area contributed by atoms with Crippen LogP contribution in [0.15, 0.2) is 24.3 Å². The maximum Gasteiger partial charge on any atom is 0.305 e. The van der Waals surface area contributed by atoms with Gasteiger partial charge in [-0.25, -0.2) is 0 Å². The number of ether oxygens (including phenoxy) is 1. The van der Waals surface area contributed by atoms with E-state index in [1.54, 1.807) is 0 Å². The second-order valence-corrected chi connectivity index (χ2v) is 19.3. The summed E-state index contributed by atoms with van der Waals surface area (Å²) >= 11 is 0. The molecule has 372 valence electrons. The number of hydrogen-bond acceptors (Lipinski definition) is 5. The van der Waals surface area contributed by atoms with Gasteiger partial charge in [0.1, 0.15) is 0 Å². The molecule has 63 heavy (non-hydrogen) atoms. The van der Waals surface area contributed by atoms with Crippen molar-refractivity contribution in [3.05, 3.63) is 24.3 Å². The van der Waals surface area contributed by atoms with Crippen LogP contribution < -0.4 is 5.32 Å². The lowest BCUT2D eigenvalue weighted by Crippen LogP contribution is -2.45. The Kier molecular flexibility index (Phi) is 51.6. The van der Waals surface area contributed by atoms with E-state index in [4.69, 9.17) is 4.74 Å². The molecule has 0 aliphatic heterocycles. The highest BCUT2D eigenvalue weighted by Crippen LogP contribution is 2.17. The molecule has 0 aliphatic carbocycles. The molecule has 0 rings (SSSR count). The molecular weight excluding hydrogens is 779 g/mol. The lowest BCUT2D eigenvalue weighted by Gasteiger charge is -2.22. The summed E-state index contributed by atoms with van der Waals surface area (Å²) in [4.78, 5) is 24.4. The van der Waals surface area contributed by atoms with Gasteiger partial charge in [0.05, 0.1) is 25.4 Å². The number of aliphatic hydroxyl groups excluding tert-OH is 2. The normalized spacial score (nSPS) is 12.8. The highest BCUT2D eigenvalue weighted by molar-refractivity contribution is 5.76. The number of nitrogens with one attached hydrogen (secondary N) is 1. The molecule has 3 N–H and O–H groups in total. The van der Waals surface area contributed by atoms with Gasteiger partial charge in [-0.15, -0.1) is 0 Å². The molecule has 0 aromatic rings. The van der Waals surface area contributed by atoms with Gasteiger partial charge in [-0.1, -0.05) is 244 Å². The SMILES string of the molecule is CCCC/C=C\CCCCCCCC(=O)OCCCCCCCCCCCC/C=C\CCCCCCCCCC(=O)NC(CO)C(O)CCCCCCCCCCCCCCCC. The van der Waals surface area contributed by atoms with Crippen LogP contribution in [0.2, 0.25) is 0 Å². The van der Waals surface area contributed by atoms with Gasteiger partial charge >= 0.3 is 5.97 Å². The minimum atomic E-state index is -0.668. The summed E-state index contributed by atoms with van der Waals surface area (Å²) in [5, 5.41) is 23.2. The molecule has 6 nitrogen and oxygen atoms in total. The average Bonchev–Trinajstić information content (AvgIpc) is 3.28. The zero-order valence-corrected chi connectivity index (χ0v) is 42.3. The standard InChI is InChI=1S/C57H109NO5/c1-3-5-7-9-11-13-15-16-26-30-33-37-41-45-49-55(60)54(53-59)58-56(61)50-46-42-38-34-31-27-24-22-20-18-17-19-21-23-25-28-32-36-40-44-48-52-63-57(62)51-47-43-39-35-29-14-12-10-8-6-4-2/h10,12,18,20,54-55,59-60H,3-9,11,13-17,19,21-53H2,1-2H3,(H,58,61)/b12-10-,20-18-. The third kappa shape index (κ3) is 49.6. The van der Waals surface area contributed by atoms with Crippen LogP contribution in [0.4, 0.5) is 0 Å². The maximum absolute atomic E-state index is 12.5. The summed E-state index contributed by atoms with van der Waals surface area (Å²) in [6, 6.07) is -0.546. The van der Waals surface area contributed by atoms with Crippen molar-refractivity contribution in [1.82, 2.24) is 5.32 Å². The predicted molar refractivity (Wildman–Crippen MR) is 273 cm³/mol. The van der Waals surface area contributed by atoms with Gasteiger partial charge in [-0.2, -0.15) is 0 Å². The van der Waals surface area contributed by atoms with E-state index in [1.807, 2.05) is 0 Å². The summed E-state index contributed by atoms with van der Waals surface area (Å²) in [6.07, 6.45) is 63.1. The monoisotopic (exact) mass is 888 g/mol. The summed E-state index contributed by atoms with van der Waals surface area (Å²) in [5.41, 5.74) is 0. The Bertz CT molecular complexity index is 982. The van der Waals surface area contributed by atoms with Crippen molar-refractivity contribution < 1.29 is 24.5 Å². The largest absolute Gasteiger partial charge is 0.466 e. The van der Waals surface area contributed by atoms with Crippen molar-refractivity contribution in [2.45, 2.75) is 315 Å². The first-order valence-corrected chi connectivity index (χ1v) is 28.1. The first-order chi connectivity index (χ1) is 31.0. The predicted octanol–water partition coefficient (Wildman–Crippen LogP) is 17.1. The number of hydrogen-bond donors (Lipinski definition) is 3. The third-order valence-electron chi connectivity index (χ3n) is 13.0. The fourth-order valence-corrected chi connectivity index (χ4v) is 8.62. The molecule has 6 heteroatoms. The molecule has 2 atom stereocenters. The van der Waals surface area contributed by atoms with E-state index in [1.165, 1.54) is 225 Å². The van der Waals surface area contributed by atoms with E-state index in [9.17, 15) is 19.8 Å². The molecule has 1 amide bonds. The summed E-state index contributed by atoms with van der Waals surface area (Å²) < 4.78 is 5.45. The first-order valence-electron chi connectivity index (χ1n) is 28.1. The Morgan fingerprint density at radius 1 is 0.429 bits per heavy atom. The smallest absolute Gasteiger partial charge is 0.305 e. The van der Waals surface area contributed by atoms with Gasteiger partial charge in [-0.05, 0) is 70.6 Å². The van der Waals surface area contributed by atoms with Crippen molar-refractivity contribution in [2.75, 3.05) is 13.2 Å². The Labute approximate surface area is 392 Å². The highest BCUT2D eigenvalue weighted by atomic mass is 16.5. The molecule has 0 aliphatic rings. The van der Waals surface area contributed by atoms with E-state index in [-0.39, 0.29) is 18.5 Å². The number of esters is 1. The zero-order chi connectivity index (χ0) is 45.8. The van der Waals surface area contributed by atoms with E-state index in [0.29, 0.717) is 25.9 Å². The number of unbranched alkanes of at least 4 members (excludes halogenated alkanes) is 37. The topological polar surface area (TPSA) is 95.9 Å². The van der Waals surface area contributed by atoms with Crippen LogP contribution >= 0.6 is 0 Å². The fourth-order valence-electron chi connectivity index (χ4n) is 8.62. The molecule has 0 radical (unpaired) electrons. The highest BCUT2D eigenvalue weighted by Gasteiger charge is 2.20. The molecule has 0 fully saturated rings. The molecular formula is C57H109NO5. The lowest BCUT2D eigenvalue weighted by molar-refractivity contribution is -0.143. The third-order valence-corrected chi connectivity index (χ3v) is 13.0. The molecule has 0 aromatic carbocycles. The van der Waals surface area contributed by atoms with Crippen molar-refractivity contribution in [1.29, 1.82) is 0 Å². The van der Waals surface area contributed by atoms with E-state index >= 15 is 0 Å². The van der Waals surface area contributed by atoms with Crippen LogP contribution in [-0.4, -0.2) is 47.4 Å². The lowest BCUT2D eigenvalue weighted by atomic mass is 10.0. The molecule has 0 spiro atoms. The molecule has 0 bridgehead atoms. The van der Waals surface area contributed by atoms with Gasteiger partial charge in [-0.3, -0.25) is 9.59 Å². The number of allylic oxidation sites excluding steroid dienone is 4. The maximum atomic E-state index is 12.5. The second kappa shape index (κ2) is 53.0. The number of rotatable bonds is 52. The summed E-state index contributed by atoms with van der Waals surface area (Å²) in [6.45, 7) is 4.91. The quantitative estimate of drug-likeness (QED) is 0.0321. The van der Waals surface area contributed by atoms with Gasteiger partial charge in [0.25, 0.3) is 0 Å². The molecule has 0 aromatic heterocycles. The fraction of sp³-hybridized carbons (Fsp3) is 0.895. The van der Waals surface area contributed by atoms with Gasteiger partial charge in [0.15, 0.2) is 0 Å². The van der Waals surface area contributed by atoms with E-state index < -0.39 is 12.1 Å². The number of carbonyl (C=O) groups excluding carboxylic acids is 2. The molecule has 0 saturated carbocycles. The minimum Gasteiger partial charge on any atom is -0.466 e. The number of amides is 1. The Hall–Kier alpha value is -1.66. The Balaban J connectivity index is 3.43. The van der Waals surface area contributed by atoms with Crippen LogP contribution in [-0.2, 0) is 14.3 Å². The van der Waals surface area contributed by atoms with E-state index in [0.717, 1.165) is 44.9 Å². The van der Waals surface area contributed by atoms with Crippen LogP contribution in [0.1, 0.15) is 303 Å². The van der Waals surface area contributed by atoms with Crippen molar-refractivity contribution in [3.63, 3.8) is 0 Å². The van der Waals surface area contributed by atoms with Gasteiger partial charge in [0, 0.05) is 12.8 Å². The van der Waals surface area contributed by atoms with E-state index in [2.05, 4.69) is 43.5 Å². The Morgan fingerprint density at radius 3 is 1.17 bits per heavy atom. The summed E-state index contributed by atoms with van der Waals surface area (Å²) in [5.74, 6) is -0.0451. The number of carbonyl (C=O) groups is 2. The van der Waals surface area contributed by atoms with Gasteiger partial charge in [0.2, 0.25) is 5.91 Å². The molecule has 2 unspecified atom stereocenters. The first kappa shape index (κ1) is 61.3. The molecule has 0 heterocycles. The van der Waals surface area contributed by atoms with Crippen LogP contribution in [0, 0.1) is 0 Å². The second-order valence-electron chi connectivity index (χ2n) is 19.3. The average molecular weight is 889 g/mol. The zero-order valence-electron chi connectivity index (χ0n) is 42.3. The summed E-state index contributed by atoms with van der Waals surface area (Å²) in [7, 11) is 0. The number of aliphatic hydroxyl groups is 2. The Morgan fingerprint density at radius 2 is 0.762 bits per heavy atom. The molecule has 0 saturated heterocycles. The van der Waals surface area contributed by atoms with Crippen LogP contribution in [0.5, 0.6) is 0 Å². The minimum absolute atomic E-state index is 0.00294.